The van der Waals surface area contributed by atoms with Crippen molar-refractivity contribution in [1.82, 2.24) is 15.2 Å². The fourth-order valence-corrected chi connectivity index (χ4v) is 2.59. The van der Waals surface area contributed by atoms with Crippen LogP contribution in [0.1, 0.15) is 49.7 Å². The van der Waals surface area contributed by atoms with Crippen LogP contribution >= 0.6 is 0 Å². The summed E-state index contributed by atoms with van der Waals surface area (Å²) in [7, 11) is 0. The van der Waals surface area contributed by atoms with Crippen LogP contribution in [0.2, 0.25) is 0 Å². The molecule has 0 spiro atoms. The minimum absolute atomic E-state index is 0.0663. The number of pyridine rings is 1. The van der Waals surface area contributed by atoms with E-state index in [9.17, 15) is 9.59 Å². The summed E-state index contributed by atoms with van der Waals surface area (Å²) in [6.07, 6.45) is 0. The van der Waals surface area contributed by atoms with Crippen LogP contribution < -0.4 is 5.32 Å². The third-order valence-electron chi connectivity index (χ3n) is 3.94. The second-order valence-electron chi connectivity index (χ2n) is 6.04. The molecule has 24 heavy (non-hydrogen) atoms. The number of likely N-dealkylation sites (N-methyl/N-ethyl adjacent to an activating group) is 2. The lowest BCUT2D eigenvalue weighted by molar-refractivity contribution is -0.121. The molecule has 1 N–H and O–H groups in total. The molecule has 0 saturated heterocycles. The van der Waals surface area contributed by atoms with Crippen molar-refractivity contribution in [1.29, 1.82) is 0 Å². The van der Waals surface area contributed by atoms with E-state index in [0.29, 0.717) is 18.7 Å². The first-order valence-corrected chi connectivity index (χ1v) is 8.43. The van der Waals surface area contributed by atoms with Crippen molar-refractivity contribution in [2.24, 2.45) is 0 Å². The van der Waals surface area contributed by atoms with Gasteiger partial charge in [0.05, 0.1) is 17.6 Å². The average Bonchev–Trinajstić information content (AvgIpc) is 2.58. The molecule has 2 aromatic rings. The van der Waals surface area contributed by atoms with Crippen molar-refractivity contribution in [2.45, 2.75) is 33.6 Å². The van der Waals surface area contributed by atoms with Gasteiger partial charge in [0.15, 0.2) is 0 Å². The number of nitrogens with zero attached hydrogens (tertiary/aromatic N) is 2. The molecule has 128 valence electrons. The van der Waals surface area contributed by atoms with Crippen molar-refractivity contribution in [3.05, 3.63) is 41.6 Å². The number of amides is 2. The van der Waals surface area contributed by atoms with Gasteiger partial charge in [-0.15, -0.1) is 0 Å². The molecule has 0 radical (unpaired) electrons. The van der Waals surface area contributed by atoms with E-state index in [4.69, 9.17) is 0 Å². The van der Waals surface area contributed by atoms with Crippen LogP contribution in [0.3, 0.4) is 0 Å². The van der Waals surface area contributed by atoms with E-state index in [1.165, 1.54) is 0 Å². The summed E-state index contributed by atoms with van der Waals surface area (Å²) in [5, 5.41) is 3.56. The van der Waals surface area contributed by atoms with Crippen LogP contribution in [0.5, 0.6) is 0 Å². The zero-order valence-corrected chi connectivity index (χ0v) is 14.8. The molecule has 2 rings (SSSR count). The highest BCUT2D eigenvalue weighted by molar-refractivity contribution is 6.07. The fraction of sp³-hybridized carbons (Fsp3) is 0.421. The third kappa shape index (κ3) is 3.91. The summed E-state index contributed by atoms with van der Waals surface area (Å²) in [6, 6.07) is 9.49. The van der Waals surface area contributed by atoms with Gasteiger partial charge < -0.3 is 10.2 Å². The maximum atomic E-state index is 13.0. The van der Waals surface area contributed by atoms with Crippen LogP contribution in [0.25, 0.3) is 10.9 Å². The van der Waals surface area contributed by atoms with E-state index in [1.54, 1.807) is 4.90 Å². The van der Waals surface area contributed by atoms with Gasteiger partial charge in [-0.2, -0.15) is 0 Å². The lowest BCUT2D eigenvalue weighted by Crippen LogP contribution is -2.40. The second kappa shape index (κ2) is 7.90. The highest BCUT2D eigenvalue weighted by Crippen LogP contribution is 2.23. The third-order valence-corrected chi connectivity index (χ3v) is 3.94. The Kier molecular flexibility index (Phi) is 5.90. The zero-order valence-electron chi connectivity index (χ0n) is 14.8. The standard InChI is InChI=1S/C19H25N3O2/c1-5-20-18(23)12-22(6-2)19(24)15-11-17(13(3)4)21-16-10-8-7-9-14(15)16/h7-11,13H,5-6,12H2,1-4H3,(H,20,23). The minimum atomic E-state index is -0.143. The van der Waals surface area contributed by atoms with E-state index < -0.39 is 0 Å². The van der Waals surface area contributed by atoms with Gasteiger partial charge in [-0.3, -0.25) is 14.6 Å². The SMILES string of the molecule is CCNC(=O)CN(CC)C(=O)c1cc(C(C)C)nc2ccccc12. The van der Waals surface area contributed by atoms with Crippen molar-refractivity contribution in [3.8, 4) is 0 Å². The molecule has 5 nitrogen and oxygen atoms in total. The first kappa shape index (κ1) is 17.9. The normalized spacial score (nSPS) is 10.9. The molecule has 0 aliphatic heterocycles. The summed E-state index contributed by atoms with van der Waals surface area (Å²) < 4.78 is 0. The van der Waals surface area contributed by atoms with Crippen molar-refractivity contribution in [3.63, 3.8) is 0 Å². The molecule has 2 amide bonds. The van der Waals surface area contributed by atoms with E-state index in [2.05, 4.69) is 24.1 Å². The van der Waals surface area contributed by atoms with E-state index >= 15 is 0 Å². The Morgan fingerprint density at radius 1 is 1.21 bits per heavy atom. The minimum Gasteiger partial charge on any atom is -0.355 e. The first-order chi connectivity index (χ1) is 11.5. The van der Waals surface area contributed by atoms with Crippen LogP contribution in [-0.4, -0.2) is 41.3 Å². The topological polar surface area (TPSA) is 62.3 Å². The molecule has 5 heteroatoms. The number of carbonyl (C=O) groups excluding carboxylic acids is 2. The number of fused-ring (bicyclic) bond motifs is 1. The van der Waals surface area contributed by atoms with Gasteiger partial charge in [0.2, 0.25) is 5.91 Å². The van der Waals surface area contributed by atoms with E-state index in [1.807, 2.05) is 44.2 Å². The van der Waals surface area contributed by atoms with E-state index in [-0.39, 0.29) is 24.3 Å². The predicted octanol–water partition coefficient (Wildman–Crippen LogP) is 2.96. The van der Waals surface area contributed by atoms with Gasteiger partial charge in [-0.25, -0.2) is 0 Å². The Labute approximate surface area is 143 Å². The number of hydrogen-bond donors (Lipinski definition) is 1. The summed E-state index contributed by atoms with van der Waals surface area (Å²) >= 11 is 0. The van der Waals surface area contributed by atoms with Gasteiger partial charge in [0.25, 0.3) is 5.91 Å². The van der Waals surface area contributed by atoms with Crippen LogP contribution in [0.15, 0.2) is 30.3 Å². The van der Waals surface area contributed by atoms with Crippen molar-refractivity contribution < 1.29 is 9.59 Å². The molecule has 0 aliphatic carbocycles. The summed E-state index contributed by atoms with van der Waals surface area (Å²) in [4.78, 5) is 31.1. The largest absolute Gasteiger partial charge is 0.355 e. The molecule has 1 aromatic carbocycles. The Morgan fingerprint density at radius 2 is 1.92 bits per heavy atom. The Hall–Kier alpha value is -2.43. The number of hydrogen-bond acceptors (Lipinski definition) is 3. The summed E-state index contributed by atoms with van der Waals surface area (Å²) in [5.74, 6) is -0.0565. The average molecular weight is 327 g/mol. The second-order valence-corrected chi connectivity index (χ2v) is 6.04. The molecule has 1 heterocycles. The highest BCUT2D eigenvalue weighted by Gasteiger charge is 2.21. The number of aromatic nitrogens is 1. The van der Waals surface area contributed by atoms with Gasteiger partial charge in [-0.1, -0.05) is 32.0 Å². The van der Waals surface area contributed by atoms with Gasteiger partial charge >= 0.3 is 0 Å². The lowest BCUT2D eigenvalue weighted by Gasteiger charge is -2.21. The van der Waals surface area contributed by atoms with Gasteiger partial charge in [0.1, 0.15) is 0 Å². The van der Waals surface area contributed by atoms with Crippen molar-refractivity contribution >= 4 is 22.7 Å². The van der Waals surface area contributed by atoms with Crippen LogP contribution in [0, 0.1) is 0 Å². The van der Waals surface area contributed by atoms with Gasteiger partial charge in [0, 0.05) is 24.2 Å². The lowest BCUT2D eigenvalue weighted by atomic mass is 10.0. The summed E-state index contributed by atoms with van der Waals surface area (Å²) in [5.41, 5.74) is 2.29. The van der Waals surface area contributed by atoms with Crippen LogP contribution in [-0.2, 0) is 4.79 Å². The maximum absolute atomic E-state index is 13.0. The molecule has 0 unspecified atom stereocenters. The quantitative estimate of drug-likeness (QED) is 0.887. The van der Waals surface area contributed by atoms with Crippen LogP contribution in [0.4, 0.5) is 0 Å². The number of nitrogens with one attached hydrogen (secondary N) is 1. The maximum Gasteiger partial charge on any atom is 0.255 e. The number of benzene rings is 1. The molecule has 0 aliphatic rings. The van der Waals surface area contributed by atoms with Crippen molar-refractivity contribution in [2.75, 3.05) is 19.6 Å². The van der Waals surface area contributed by atoms with E-state index in [0.717, 1.165) is 16.6 Å². The Morgan fingerprint density at radius 3 is 2.54 bits per heavy atom. The number of carbonyl (C=O) groups is 2. The summed E-state index contributed by atoms with van der Waals surface area (Å²) in [6.45, 7) is 8.95. The fourth-order valence-electron chi connectivity index (χ4n) is 2.59. The molecular formula is C19H25N3O2. The molecule has 0 fully saturated rings. The molecule has 0 bridgehead atoms. The molecule has 1 aromatic heterocycles. The monoisotopic (exact) mass is 327 g/mol. The molecule has 0 atom stereocenters. The zero-order chi connectivity index (χ0) is 17.7. The smallest absolute Gasteiger partial charge is 0.255 e. The molecular weight excluding hydrogens is 302 g/mol. The number of para-hydroxylation sites is 1. The van der Waals surface area contributed by atoms with Gasteiger partial charge in [-0.05, 0) is 31.9 Å². The first-order valence-electron chi connectivity index (χ1n) is 8.43. The number of rotatable bonds is 6. The Bertz CT molecular complexity index is 740. The Balaban J connectivity index is 2.44. The molecule has 0 saturated carbocycles. The highest BCUT2D eigenvalue weighted by atomic mass is 16.2. The predicted molar refractivity (Wildman–Crippen MR) is 96.1 cm³/mol.